The van der Waals surface area contributed by atoms with Crippen LogP contribution in [0.5, 0.6) is 0 Å². The zero-order valence-corrected chi connectivity index (χ0v) is 11.6. The monoisotopic (exact) mass is 247 g/mol. The van der Waals surface area contributed by atoms with Gasteiger partial charge in [-0.15, -0.1) is 0 Å². The van der Waals surface area contributed by atoms with Crippen molar-refractivity contribution >= 4 is 0 Å². The van der Waals surface area contributed by atoms with Crippen LogP contribution >= 0.6 is 0 Å². The van der Waals surface area contributed by atoms with Gasteiger partial charge in [-0.25, -0.2) is 0 Å². The molecule has 0 radical (unpaired) electrons. The molecular weight excluding hydrogens is 222 g/mol. The summed E-state index contributed by atoms with van der Waals surface area (Å²) < 4.78 is 5.36. The van der Waals surface area contributed by atoms with Gasteiger partial charge in [0.05, 0.1) is 6.61 Å². The number of rotatable bonds is 8. The number of benzene rings is 1. The first-order valence-corrected chi connectivity index (χ1v) is 7.15. The van der Waals surface area contributed by atoms with Crippen LogP contribution in [0.15, 0.2) is 30.3 Å². The van der Waals surface area contributed by atoms with E-state index in [9.17, 15) is 0 Å². The van der Waals surface area contributed by atoms with E-state index in [1.807, 2.05) is 0 Å². The minimum absolute atomic E-state index is 0.469. The Morgan fingerprint density at radius 1 is 1.28 bits per heavy atom. The summed E-state index contributed by atoms with van der Waals surface area (Å²) >= 11 is 0. The van der Waals surface area contributed by atoms with Crippen molar-refractivity contribution in [2.45, 2.75) is 44.7 Å². The molecule has 1 fully saturated rings. The molecule has 1 aromatic rings. The van der Waals surface area contributed by atoms with E-state index in [1.165, 1.54) is 31.2 Å². The Morgan fingerprint density at radius 2 is 2.00 bits per heavy atom. The van der Waals surface area contributed by atoms with E-state index in [-0.39, 0.29) is 0 Å². The second-order valence-electron chi connectivity index (χ2n) is 5.32. The lowest BCUT2D eigenvalue weighted by molar-refractivity contribution is 0.150. The van der Waals surface area contributed by atoms with Crippen LogP contribution in [-0.2, 0) is 4.74 Å². The van der Waals surface area contributed by atoms with Gasteiger partial charge in [0.15, 0.2) is 0 Å². The summed E-state index contributed by atoms with van der Waals surface area (Å²) in [5, 5.41) is 3.81. The van der Waals surface area contributed by atoms with Crippen molar-refractivity contribution in [1.82, 2.24) is 5.32 Å². The fraction of sp³-hybridized carbons (Fsp3) is 0.625. The van der Waals surface area contributed by atoms with Gasteiger partial charge in [0.1, 0.15) is 0 Å². The minimum atomic E-state index is 0.469. The molecule has 2 atom stereocenters. The lowest BCUT2D eigenvalue weighted by Crippen LogP contribution is -2.38. The number of hydrogen-bond donors (Lipinski definition) is 1. The maximum absolute atomic E-state index is 5.36. The van der Waals surface area contributed by atoms with Crippen LogP contribution in [0.3, 0.4) is 0 Å². The summed E-state index contributed by atoms with van der Waals surface area (Å²) in [5.74, 6) is 0.827. The lowest BCUT2D eigenvalue weighted by atomic mass is 10.0. The van der Waals surface area contributed by atoms with Gasteiger partial charge in [-0.3, -0.25) is 0 Å². The second-order valence-corrected chi connectivity index (χ2v) is 5.32. The highest BCUT2D eigenvalue weighted by Crippen LogP contribution is 2.34. The first-order valence-electron chi connectivity index (χ1n) is 7.15. The maximum Gasteiger partial charge on any atom is 0.0618 e. The molecule has 0 spiro atoms. The summed E-state index contributed by atoms with van der Waals surface area (Å²) in [6.07, 6.45) is 5.11. The van der Waals surface area contributed by atoms with E-state index in [0.29, 0.717) is 12.1 Å². The molecule has 1 N–H and O–H groups in total. The molecule has 1 aliphatic rings. The molecular formula is C16H25NO. The fourth-order valence-electron chi connectivity index (χ4n) is 2.58. The van der Waals surface area contributed by atoms with Crippen molar-refractivity contribution in [3.05, 3.63) is 35.9 Å². The lowest BCUT2D eigenvalue weighted by Gasteiger charge is -2.25. The van der Waals surface area contributed by atoms with Gasteiger partial charge >= 0.3 is 0 Å². The van der Waals surface area contributed by atoms with Crippen LogP contribution in [0.25, 0.3) is 0 Å². The van der Waals surface area contributed by atoms with Gasteiger partial charge in [0.2, 0.25) is 0 Å². The largest absolute Gasteiger partial charge is 0.383 e. The highest BCUT2D eigenvalue weighted by atomic mass is 16.5. The first kappa shape index (κ1) is 13.6. The summed E-state index contributed by atoms with van der Waals surface area (Å²) in [4.78, 5) is 0. The molecule has 2 heteroatoms. The average Bonchev–Trinajstić information content (AvgIpc) is 3.23. The predicted molar refractivity (Wildman–Crippen MR) is 75.6 cm³/mol. The summed E-state index contributed by atoms with van der Waals surface area (Å²) in [5.41, 5.74) is 1.40. The molecule has 18 heavy (non-hydrogen) atoms. The molecule has 2 rings (SSSR count). The Hall–Kier alpha value is -0.860. The second kappa shape index (κ2) is 6.91. The normalized spacial score (nSPS) is 18.6. The van der Waals surface area contributed by atoms with E-state index in [0.717, 1.165) is 12.5 Å². The van der Waals surface area contributed by atoms with E-state index in [2.05, 4.69) is 42.6 Å². The number of ether oxygens (including phenoxy) is 1. The van der Waals surface area contributed by atoms with Crippen LogP contribution in [0.4, 0.5) is 0 Å². The third-order valence-corrected chi connectivity index (χ3v) is 3.73. The fourth-order valence-corrected chi connectivity index (χ4v) is 2.58. The van der Waals surface area contributed by atoms with Crippen LogP contribution in [0.2, 0.25) is 0 Å². The van der Waals surface area contributed by atoms with Crippen molar-refractivity contribution in [2.75, 3.05) is 13.7 Å². The van der Waals surface area contributed by atoms with Crippen molar-refractivity contribution in [3.8, 4) is 0 Å². The predicted octanol–water partition coefficient (Wildman–Crippen LogP) is 3.54. The molecule has 0 heterocycles. The molecule has 1 saturated carbocycles. The van der Waals surface area contributed by atoms with Crippen LogP contribution in [0, 0.1) is 5.92 Å². The molecule has 1 aliphatic carbocycles. The number of hydrogen-bond acceptors (Lipinski definition) is 2. The molecule has 0 amide bonds. The zero-order chi connectivity index (χ0) is 12.8. The molecule has 0 saturated heterocycles. The van der Waals surface area contributed by atoms with Gasteiger partial charge in [-0.05, 0) is 30.7 Å². The first-order chi connectivity index (χ1) is 8.85. The Labute approximate surface area is 111 Å². The zero-order valence-electron chi connectivity index (χ0n) is 11.6. The molecule has 100 valence electrons. The Bertz CT molecular complexity index is 334. The van der Waals surface area contributed by atoms with Gasteiger partial charge in [0, 0.05) is 19.2 Å². The Balaban J connectivity index is 2.00. The van der Waals surface area contributed by atoms with E-state index in [4.69, 9.17) is 4.74 Å². The van der Waals surface area contributed by atoms with E-state index in [1.54, 1.807) is 7.11 Å². The van der Waals surface area contributed by atoms with Gasteiger partial charge in [0.25, 0.3) is 0 Å². The molecule has 2 unspecified atom stereocenters. The molecule has 2 nitrogen and oxygen atoms in total. The SMILES string of the molecule is CCCC(NC(COC)C1CC1)c1ccccc1. The standard InChI is InChI=1S/C16H25NO/c1-3-7-15(13-8-5-4-6-9-13)17-16(12-18-2)14-10-11-14/h4-6,8-9,14-17H,3,7,10-12H2,1-2H3. The number of methoxy groups -OCH3 is 1. The quantitative estimate of drug-likeness (QED) is 0.758. The Kier molecular flexibility index (Phi) is 5.21. The highest BCUT2D eigenvalue weighted by Gasteiger charge is 2.32. The van der Waals surface area contributed by atoms with Gasteiger partial charge in [-0.1, -0.05) is 43.7 Å². The van der Waals surface area contributed by atoms with Crippen LogP contribution in [0.1, 0.15) is 44.2 Å². The van der Waals surface area contributed by atoms with E-state index < -0.39 is 0 Å². The van der Waals surface area contributed by atoms with E-state index >= 15 is 0 Å². The smallest absolute Gasteiger partial charge is 0.0618 e. The molecule has 0 bridgehead atoms. The average molecular weight is 247 g/mol. The maximum atomic E-state index is 5.36. The van der Waals surface area contributed by atoms with Crippen LogP contribution < -0.4 is 5.32 Å². The van der Waals surface area contributed by atoms with Gasteiger partial charge < -0.3 is 10.1 Å². The summed E-state index contributed by atoms with van der Waals surface area (Å²) in [6, 6.07) is 11.8. The van der Waals surface area contributed by atoms with Gasteiger partial charge in [-0.2, -0.15) is 0 Å². The third kappa shape index (κ3) is 3.82. The summed E-state index contributed by atoms with van der Waals surface area (Å²) in [7, 11) is 1.80. The topological polar surface area (TPSA) is 21.3 Å². The number of nitrogens with one attached hydrogen (secondary N) is 1. The Morgan fingerprint density at radius 3 is 2.56 bits per heavy atom. The van der Waals surface area contributed by atoms with Crippen molar-refractivity contribution in [3.63, 3.8) is 0 Å². The molecule has 0 aliphatic heterocycles. The molecule has 1 aromatic carbocycles. The van der Waals surface area contributed by atoms with Crippen molar-refractivity contribution in [2.24, 2.45) is 5.92 Å². The minimum Gasteiger partial charge on any atom is -0.383 e. The van der Waals surface area contributed by atoms with Crippen molar-refractivity contribution in [1.29, 1.82) is 0 Å². The highest BCUT2D eigenvalue weighted by molar-refractivity contribution is 5.19. The third-order valence-electron chi connectivity index (χ3n) is 3.73. The summed E-state index contributed by atoms with van der Waals surface area (Å²) in [6.45, 7) is 3.08. The van der Waals surface area contributed by atoms with Crippen molar-refractivity contribution < 1.29 is 4.74 Å². The molecule has 0 aromatic heterocycles. The van der Waals surface area contributed by atoms with Crippen LogP contribution in [-0.4, -0.2) is 19.8 Å².